The molecule has 6 heteroatoms. The number of carbonyl (C=O) groups excluding carboxylic acids is 2. The van der Waals surface area contributed by atoms with Gasteiger partial charge in [0.25, 0.3) is 5.91 Å². The molecule has 2 amide bonds. The van der Waals surface area contributed by atoms with Gasteiger partial charge in [0, 0.05) is 24.1 Å². The molecule has 2 rings (SSSR count). The molecule has 24 heavy (non-hydrogen) atoms. The lowest BCUT2D eigenvalue weighted by atomic mass is 10.1. The monoisotopic (exact) mass is 346 g/mol. The van der Waals surface area contributed by atoms with Crippen molar-refractivity contribution in [2.75, 3.05) is 13.2 Å². The molecule has 0 saturated carbocycles. The van der Waals surface area contributed by atoms with Gasteiger partial charge in [-0.15, -0.1) is 0 Å². The molecule has 0 aliphatic rings. The van der Waals surface area contributed by atoms with Crippen molar-refractivity contribution in [2.45, 2.75) is 13.5 Å². The largest absolute Gasteiger partial charge is 0.492 e. The second-order valence-corrected chi connectivity index (χ2v) is 5.60. The topological polar surface area (TPSA) is 67.4 Å². The van der Waals surface area contributed by atoms with E-state index in [1.54, 1.807) is 36.4 Å². The van der Waals surface area contributed by atoms with E-state index in [1.165, 1.54) is 6.92 Å². The van der Waals surface area contributed by atoms with Gasteiger partial charge in [-0.05, 0) is 42.0 Å². The highest BCUT2D eigenvalue weighted by Crippen LogP contribution is 2.15. The maximum atomic E-state index is 12.0. The highest BCUT2D eigenvalue weighted by Gasteiger charge is 2.05. The van der Waals surface area contributed by atoms with Crippen molar-refractivity contribution in [3.63, 3.8) is 0 Å². The maximum Gasteiger partial charge on any atom is 0.251 e. The lowest BCUT2D eigenvalue weighted by Crippen LogP contribution is -2.28. The molecule has 0 heterocycles. The van der Waals surface area contributed by atoms with Gasteiger partial charge in [0.05, 0.1) is 6.54 Å². The average molecular weight is 347 g/mol. The molecule has 5 nitrogen and oxygen atoms in total. The molecule has 0 aromatic heterocycles. The van der Waals surface area contributed by atoms with Crippen LogP contribution in [0.1, 0.15) is 22.8 Å². The Labute approximate surface area is 146 Å². The van der Waals surface area contributed by atoms with Crippen LogP contribution in [0.4, 0.5) is 0 Å². The van der Waals surface area contributed by atoms with Crippen LogP contribution in [0.3, 0.4) is 0 Å². The summed E-state index contributed by atoms with van der Waals surface area (Å²) in [6.07, 6.45) is 0. The third kappa shape index (κ3) is 5.93. The fourth-order valence-electron chi connectivity index (χ4n) is 1.97. The fraction of sp³-hybridized carbons (Fsp3) is 0.222. The summed E-state index contributed by atoms with van der Waals surface area (Å²) in [6.45, 7) is 2.68. The summed E-state index contributed by atoms with van der Waals surface area (Å²) in [5.41, 5.74) is 1.50. The number of rotatable bonds is 7. The van der Waals surface area contributed by atoms with Gasteiger partial charge in [-0.1, -0.05) is 23.7 Å². The van der Waals surface area contributed by atoms with E-state index in [4.69, 9.17) is 16.3 Å². The third-order valence-electron chi connectivity index (χ3n) is 3.23. The van der Waals surface area contributed by atoms with Gasteiger partial charge in [0.2, 0.25) is 5.91 Å². The number of hydrogen-bond donors (Lipinski definition) is 2. The normalized spacial score (nSPS) is 10.1. The van der Waals surface area contributed by atoms with Crippen LogP contribution in [0.2, 0.25) is 5.02 Å². The van der Waals surface area contributed by atoms with Crippen LogP contribution >= 0.6 is 11.6 Å². The van der Waals surface area contributed by atoms with Crippen molar-refractivity contribution >= 4 is 23.4 Å². The van der Waals surface area contributed by atoms with Crippen molar-refractivity contribution in [2.24, 2.45) is 0 Å². The van der Waals surface area contributed by atoms with Gasteiger partial charge in [0.15, 0.2) is 0 Å². The molecule has 0 atom stereocenters. The van der Waals surface area contributed by atoms with Crippen LogP contribution < -0.4 is 15.4 Å². The van der Waals surface area contributed by atoms with Gasteiger partial charge in [-0.2, -0.15) is 0 Å². The molecular weight excluding hydrogens is 328 g/mol. The van der Waals surface area contributed by atoms with E-state index in [0.29, 0.717) is 36.0 Å². The summed E-state index contributed by atoms with van der Waals surface area (Å²) in [4.78, 5) is 22.9. The van der Waals surface area contributed by atoms with Crippen molar-refractivity contribution in [3.8, 4) is 5.75 Å². The number of carbonyl (C=O) groups is 2. The van der Waals surface area contributed by atoms with Gasteiger partial charge in [-0.25, -0.2) is 0 Å². The third-order valence-corrected chi connectivity index (χ3v) is 3.48. The zero-order valence-corrected chi connectivity index (χ0v) is 14.1. The Morgan fingerprint density at radius 1 is 1.00 bits per heavy atom. The second kappa shape index (κ2) is 8.93. The molecule has 0 fully saturated rings. The number of hydrogen-bond acceptors (Lipinski definition) is 3. The molecular formula is C18H19ClN2O3. The number of ether oxygens (including phenoxy) is 1. The minimum absolute atomic E-state index is 0.0856. The lowest BCUT2D eigenvalue weighted by molar-refractivity contribution is -0.119. The van der Waals surface area contributed by atoms with Crippen molar-refractivity contribution in [1.29, 1.82) is 0 Å². The van der Waals surface area contributed by atoms with Crippen LogP contribution in [0, 0.1) is 0 Å². The zero-order valence-electron chi connectivity index (χ0n) is 13.3. The molecule has 126 valence electrons. The first-order valence-electron chi connectivity index (χ1n) is 7.54. The van der Waals surface area contributed by atoms with Crippen molar-refractivity contribution < 1.29 is 14.3 Å². The summed E-state index contributed by atoms with van der Waals surface area (Å²) < 4.78 is 5.51. The van der Waals surface area contributed by atoms with Gasteiger partial charge in [-0.3, -0.25) is 9.59 Å². The van der Waals surface area contributed by atoms with Crippen LogP contribution in [-0.4, -0.2) is 25.0 Å². The van der Waals surface area contributed by atoms with Crippen LogP contribution in [0.25, 0.3) is 0 Å². The molecule has 0 spiro atoms. The molecule has 2 aromatic rings. The number of nitrogens with one attached hydrogen (secondary N) is 2. The first kappa shape index (κ1) is 17.8. The van der Waals surface area contributed by atoms with Gasteiger partial charge < -0.3 is 15.4 Å². The van der Waals surface area contributed by atoms with E-state index in [1.807, 2.05) is 12.1 Å². The highest BCUT2D eigenvalue weighted by atomic mass is 35.5. The van der Waals surface area contributed by atoms with Crippen LogP contribution in [0.5, 0.6) is 5.75 Å². The van der Waals surface area contributed by atoms with E-state index < -0.39 is 0 Å². The number of halogens is 1. The Balaban J connectivity index is 1.73. The van der Waals surface area contributed by atoms with E-state index in [0.717, 1.165) is 5.56 Å². The first-order valence-corrected chi connectivity index (χ1v) is 7.92. The summed E-state index contributed by atoms with van der Waals surface area (Å²) in [7, 11) is 0. The summed E-state index contributed by atoms with van der Waals surface area (Å²) >= 11 is 5.80. The number of amides is 2. The summed E-state index contributed by atoms with van der Waals surface area (Å²) in [6, 6.07) is 14.1. The van der Waals surface area contributed by atoms with Crippen molar-refractivity contribution in [1.82, 2.24) is 10.6 Å². The average Bonchev–Trinajstić information content (AvgIpc) is 2.58. The molecule has 2 N–H and O–H groups in total. The van der Waals surface area contributed by atoms with E-state index >= 15 is 0 Å². The summed E-state index contributed by atoms with van der Waals surface area (Å²) in [5, 5.41) is 6.15. The molecule has 0 radical (unpaired) electrons. The standard InChI is InChI=1S/C18H19ClN2O3/c1-13(22)21-12-14-2-4-15(5-3-14)18(23)20-10-11-24-17-8-6-16(19)7-9-17/h2-9H,10-12H2,1H3,(H,20,23)(H,21,22). The fourth-order valence-corrected chi connectivity index (χ4v) is 2.09. The van der Waals surface area contributed by atoms with E-state index in [-0.39, 0.29) is 11.8 Å². The van der Waals surface area contributed by atoms with Gasteiger partial charge in [0.1, 0.15) is 12.4 Å². The predicted molar refractivity (Wildman–Crippen MR) is 93.2 cm³/mol. The molecule has 0 aliphatic carbocycles. The second-order valence-electron chi connectivity index (χ2n) is 5.16. The molecule has 0 aliphatic heterocycles. The van der Waals surface area contributed by atoms with E-state index in [2.05, 4.69) is 10.6 Å². The van der Waals surface area contributed by atoms with E-state index in [9.17, 15) is 9.59 Å². The Kier molecular flexibility index (Phi) is 6.63. The van der Waals surface area contributed by atoms with Crippen molar-refractivity contribution in [3.05, 3.63) is 64.7 Å². The zero-order chi connectivity index (χ0) is 17.4. The first-order chi connectivity index (χ1) is 11.5. The minimum atomic E-state index is -0.166. The smallest absolute Gasteiger partial charge is 0.251 e. The lowest BCUT2D eigenvalue weighted by Gasteiger charge is -2.08. The van der Waals surface area contributed by atoms with Crippen LogP contribution in [0.15, 0.2) is 48.5 Å². The quantitative estimate of drug-likeness (QED) is 0.757. The number of benzene rings is 2. The Bertz CT molecular complexity index is 684. The molecule has 0 unspecified atom stereocenters. The molecule has 2 aromatic carbocycles. The SMILES string of the molecule is CC(=O)NCc1ccc(C(=O)NCCOc2ccc(Cl)cc2)cc1. The molecule has 0 saturated heterocycles. The van der Waals surface area contributed by atoms with Crippen LogP contribution in [-0.2, 0) is 11.3 Å². The Hall–Kier alpha value is -2.53. The molecule has 0 bridgehead atoms. The Morgan fingerprint density at radius 3 is 2.29 bits per heavy atom. The predicted octanol–water partition coefficient (Wildman–Crippen LogP) is 2.78. The Morgan fingerprint density at radius 2 is 1.67 bits per heavy atom. The highest BCUT2D eigenvalue weighted by molar-refractivity contribution is 6.30. The maximum absolute atomic E-state index is 12.0. The van der Waals surface area contributed by atoms with Gasteiger partial charge >= 0.3 is 0 Å². The minimum Gasteiger partial charge on any atom is -0.492 e. The summed E-state index contributed by atoms with van der Waals surface area (Å²) in [5.74, 6) is 0.453.